The number of piperidine rings is 1. The molecule has 0 amide bonds. The van der Waals surface area contributed by atoms with Gasteiger partial charge in [-0.3, -0.25) is 0 Å². The molecule has 2 aromatic rings. The third kappa shape index (κ3) is 1.51. The third-order valence-corrected chi connectivity index (χ3v) is 3.11. The Kier molecular flexibility index (Phi) is 2.14. The van der Waals surface area contributed by atoms with Crippen LogP contribution in [-0.2, 0) is 0 Å². The van der Waals surface area contributed by atoms with E-state index in [1.165, 1.54) is 18.4 Å². The number of hydrogen-bond acceptors (Lipinski definition) is 3. The molecular formula is C11H14N4. The SMILES string of the molecule is c1cc(C2CCCNC2)c2cnnn2c1. The molecule has 1 aliphatic heterocycles. The van der Waals surface area contributed by atoms with E-state index >= 15 is 0 Å². The van der Waals surface area contributed by atoms with Gasteiger partial charge in [-0.25, -0.2) is 4.52 Å². The lowest BCUT2D eigenvalue weighted by atomic mass is 9.92. The summed E-state index contributed by atoms with van der Waals surface area (Å²) in [5, 5.41) is 11.4. The molecule has 1 N–H and O–H groups in total. The number of fused-ring (bicyclic) bond motifs is 1. The monoisotopic (exact) mass is 202 g/mol. The summed E-state index contributed by atoms with van der Waals surface area (Å²) >= 11 is 0. The van der Waals surface area contributed by atoms with Gasteiger partial charge in [-0.2, -0.15) is 0 Å². The Morgan fingerprint density at radius 2 is 2.47 bits per heavy atom. The van der Waals surface area contributed by atoms with E-state index in [0.29, 0.717) is 5.92 Å². The Balaban J connectivity index is 2.05. The van der Waals surface area contributed by atoms with E-state index in [-0.39, 0.29) is 0 Å². The van der Waals surface area contributed by atoms with E-state index in [1.54, 1.807) is 0 Å². The Labute approximate surface area is 88.3 Å². The Morgan fingerprint density at radius 1 is 1.47 bits per heavy atom. The Morgan fingerprint density at radius 3 is 3.33 bits per heavy atom. The fourth-order valence-corrected chi connectivity index (χ4v) is 2.34. The Bertz CT molecular complexity index is 456. The van der Waals surface area contributed by atoms with Gasteiger partial charge in [-0.15, -0.1) is 5.10 Å². The molecule has 1 saturated heterocycles. The van der Waals surface area contributed by atoms with E-state index in [4.69, 9.17) is 0 Å². The molecule has 4 heteroatoms. The molecule has 0 saturated carbocycles. The average molecular weight is 202 g/mol. The van der Waals surface area contributed by atoms with E-state index in [0.717, 1.165) is 18.6 Å². The van der Waals surface area contributed by atoms with Gasteiger partial charge in [-0.05, 0) is 36.9 Å². The first-order chi connectivity index (χ1) is 7.45. The highest BCUT2D eigenvalue weighted by atomic mass is 15.4. The molecule has 0 aliphatic carbocycles. The van der Waals surface area contributed by atoms with E-state index in [1.807, 2.05) is 23.0 Å². The van der Waals surface area contributed by atoms with E-state index in [2.05, 4.69) is 21.7 Å². The van der Waals surface area contributed by atoms with Gasteiger partial charge in [0, 0.05) is 12.7 Å². The molecule has 1 atom stereocenters. The summed E-state index contributed by atoms with van der Waals surface area (Å²) in [4.78, 5) is 0. The van der Waals surface area contributed by atoms with Crippen molar-refractivity contribution in [1.29, 1.82) is 0 Å². The highest BCUT2D eigenvalue weighted by Crippen LogP contribution is 2.25. The Hall–Kier alpha value is -1.42. The lowest BCUT2D eigenvalue weighted by Crippen LogP contribution is -2.28. The van der Waals surface area contributed by atoms with Crippen molar-refractivity contribution in [3.05, 3.63) is 30.1 Å². The van der Waals surface area contributed by atoms with Crippen LogP contribution in [0.5, 0.6) is 0 Å². The summed E-state index contributed by atoms with van der Waals surface area (Å²) in [5.41, 5.74) is 2.51. The minimum atomic E-state index is 0.612. The second-order valence-corrected chi connectivity index (χ2v) is 4.07. The minimum absolute atomic E-state index is 0.612. The summed E-state index contributed by atoms with van der Waals surface area (Å²) in [5.74, 6) is 0.612. The molecule has 78 valence electrons. The van der Waals surface area contributed by atoms with Gasteiger partial charge in [-0.1, -0.05) is 11.3 Å². The van der Waals surface area contributed by atoms with Gasteiger partial charge >= 0.3 is 0 Å². The quantitative estimate of drug-likeness (QED) is 0.755. The van der Waals surface area contributed by atoms with Crippen LogP contribution < -0.4 is 5.32 Å². The van der Waals surface area contributed by atoms with Gasteiger partial charge in [0.1, 0.15) is 0 Å². The van der Waals surface area contributed by atoms with Crippen LogP contribution >= 0.6 is 0 Å². The van der Waals surface area contributed by atoms with Gasteiger partial charge in [0.25, 0.3) is 0 Å². The maximum atomic E-state index is 4.02. The zero-order chi connectivity index (χ0) is 10.1. The fourth-order valence-electron chi connectivity index (χ4n) is 2.34. The van der Waals surface area contributed by atoms with Crippen molar-refractivity contribution in [2.45, 2.75) is 18.8 Å². The van der Waals surface area contributed by atoms with Gasteiger partial charge in [0.15, 0.2) is 0 Å². The number of pyridine rings is 1. The number of nitrogens with one attached hydrogen (secondary N) is 1. The molecule has 1 aliphatic rings. The van der Waals surface area contributed by atoms with Crippen molar-refractivity contribution >= 4 is 5.52 Å². The van der Waals surface area contributed by atoms with Crippen molar-refractivity contribution in [3.8, 4) is 0 Å². The van der Waals surface area contributed by atoms with Crippen LogP contribution in [0.25, 0.3) is 5.52 Å². The van der Waals surface area contributed by atoms with E-state index in [9.17, 15) is 0 Å². The first-order valence-electron chi connectivity index (χ1n) is 5.45. The van der Waals surface area contributed by atoms with Crippen molar-refractivity contribution in [3.63, 3.8) is 0 Å². The van der Waals surface area contributed by atoms with Crippen molar-refractivity contribution in [2.24, 2.45) is 0 Å². The highest BCUT2D eigenvalue weighted by Gasteiger charge is 2.17. The second-order valence-electron chi connectivity index (χ2n) is 4.07. The molecule has 1 unspecified atom stereocenters. The van der Waals surface area contributed by atoms with Gasteiger partial charge < -0.3 is 5.32 Å². The molecule has 3 heterocycles. The van der Waals surface area contributed by atoms with Crippen LogP contribution in [-0.4, -0.2) is 27.9 Å². The second kappa shape index (κ2) is 3.62. The maximum absolute atomic E-state index is 4.02. The molecule has 0 aromatic carbocycles. The lowest BCUT2D eigenvalue weighted by molar-refractivity contribution is 0.462. The van der Waals surface area contributed by atoms with Crippen molar-refractivity contribution in [2.75, 3.05) is 13.1 Å². The molecule has 15 heavy (non-hydrogen) atoms. The molecule has 2 aromatic heterocycles. The predicted molar refractivity (Wildman–Crippen MR) is 57.8 cm³/mol. The lowest BCUT2D eigenvalue weighted by Gasteiger charge is -2.23. The van der Waals surface area contributed by atoms with Crippen LogP contribution in [0.2, 0.25) is 0 Å². The topological polar surface area (TPSA) is 42.2 Å². The van der Waals surface area contributed by atoms with Crippen LogP contribution in [0.4, 0.5) is 0 Å². The normalized spacial score (nSPS) is 22.0. The highest BCUT2D eigenvalue weighted by molar-refractivity contribution is 5.53. The molecule has 0 bridgehead atoms. The molecule has 0 spiro atoms. The molecule has 0 radical (unpaired) electrons. The number of nitrogens with zero attached hydrogens (tertiary/aromatic N) is 3. The van der Waals surface area contributed by atoms with Crippen LogP contribution in [0.1, 0.15) is 24.3 Å². The molecule has 1 fully saturated rings. The van der Waals surface area contributed by atoms with Gasteiger partial charge in [0.2, 0.25) is 0 Å². The molecule has 4 nitrogen and oxygen atoms in total. The zero-order valence-electron chi connectivity index (χ0n) is 8.56. The smallest absolute Gasteiger partial charge is 0.0900 e. The molecule has 3 rings (SSSR count). The number of hydrogen-bond donors (Lipinski definition) is 1. The summed E-state index contributed by atoms with van der Waals surface area (Å²) in [6.07, 6.45) is 6.32. The number of aromatic nitrogens is 3. The minimum Gasteiger partial charge on any atom is -0.316 e. The largest absolute Gasteiger partial charge is 0.316 e. The van der Waals surface area contributed by atoms with Gasteiger partial charge in [0.05, 0.1) is 11.7 Å². The molecular weight excluding hydrogens is 188 g/mol. The average Bonchev–Trinajstić information content (AvgIpc) is 2.78. The zero-order valence-corrected chi connectivity index (χ0v) is 8.56. The summed E-state index contributed by atoms with van der Waals surface area (Å²) in [7, 11) is 0. The first kappa shape index (κ1) is 8.85. The first-order valence-corrected chi connectivity index (χ1v) is 5.45. The van der Waals surface area contributed by atoms with Crippen LogP contribution in [0.15, 0.2) is 24.5 Å². The third-order valence-electron chi connectivity index (χ3n) is 3.11. The summed E-state index contributed by atoms with van der Waals surface area (Å²) < 4.78 is 1.85. The maximum Gasteiger partial charge on any atom is 0.0900 e. The van der Waals surface area contributed by atoms with Crippen molar-refractivity contribution < 1.29 is 0 Å². The summed E-state index contributed by atoms with van der Waals surface area (Å²) in [6.45, 7) is 2.22. The van der Waals surface area contributed by atoms with E-state index < -0.39 is 0 Å². The predicted octanol–water partition coefficient (Wildman–Crippen LogP) is 1.20. The van der Waals surface area contributed by atoms with Crippen LogP contribution in [0.3, 0.4) is 0 Å². The standard InChI is InChI=1S/C11H14N4/c1-3-9(7-12-5-1)10-4-2-6-15-11(10)8-13-14-15/h2,4,6,8-9,12H,1,3,5,7H2. The van der Waals surface area contributed by atoms with Crippen molar-refractivity contribution in [1.82, 2.24) is 20.1 Å². The van der Waals surface area contributed by atoms with Crippen LogP contribution in [0, 0.1) is 0 Å². The fraction of sp³-hybridized carbons (Fsp3) is 0.455. The summed E-state index contributed by atoms with van der Waals surface area (Å²) in [6, 6.07) is 4.24. The number of rotatable bonds is 1.